The lowest BCUT2D eigenvalue weighted by atomic mass is 10.0. The first kappa shape index (κ1) is 36.0. The summed E-state index contributed by atoms with van der Waals surface area (Å²) < 4.78 is 44.8. The van der Waals surface area contributed by atoms with E-state index in [4.69, 9.17) is 4.74 Å². The Labute approximate surface area is 287 Å². The number of rotatable bonds is 9. The van der Waals surface area contributed by atoms with E-state index >= 15 is 0 Å². The summed E-state index contributed by atoms with van der Waals surface area (Å²) in [6, 6.07) is 19.3. The van der Waals surface area contributed by atoms with Crippen LogP contribution in [-0.2, 0) is 33.6 Å². The fourth-order valence-corrected chi connectivity index (χ4v) is 5.59. The van der Waals surface area contributed by atoms with Crippen molar-refractivity contribution in [2.45, 2.75) is 39.2 Å². The molecule has 4 heterocycles. The lowest BCUT2D eigenvalue weighted by Gasteiger charge is -2.32. The Morgan fingerprint density at radius 1 is 1.02 bits per heavy atom. The molecule has 2 N–H and O–H groups in total. The zero-order valence-corrected chi connectivity index (χ0v) is 27.8. The molecular formula is C35H39F3N8O4. The maximum Gasteiger partial charge on any atom is 0.504 e. The molecule has 2 aliphatic heterocycles. The van der Waals surface area contributed by atoms with Crippen molar-refractivity contribution in [1.29, 1.82) is 0 Å². The zero-order valence-electron chi connectivity index (χ0n) is 27.8. The molecule has 3 amide bonds. The summed E-state index contributed by atoms with van der Waals surface area (Å²) in [5.41, 5.74) is 3.04. The average Bonchev–Trinajstić information content (AvgIpc) is 3.80. The molecule has 1 unspecified atom stereocenters. The maximum atomic E-state index is 13.0. The third-order valence-corrected chi connectivity index (χ3v) is 8.20. The van der Waals surface area contributed by atoms with Gasteiger partial charge in [-0.25, -0.2) is 4.68 Å². The van der Waals surface area contributed by atoms with Crippen LogP contribution in [0.5, 0.6) is 0 Å². The Morgan fingerprint density at radius 3 is 2.32 bits per heavy atom. The number of allylic oxidation sites excluding steroid dienone is 1. The van der Waals surface area contributed by atoms with Crippen molar-refractivity contribution in [1.82, 2.24) is 35.1 Å². The van der Waals surface area contributed by atoms with Crippen LogP contribution in [0.2, 0.25) is 0 Å². The van der Waals surface area contributed by atoms with E-state index in [-0.39, 0.29) is 22.9 Å². The van der Waals surface area contributed by atoms with Crippen molar-refractivity contribution < 1.29 is 32.3 Å². The number of carbonyl (C=O) groups is 3. The van der Waals surface area contributed by atoms with E-state index in [1.54, 1.807) is 17.8 Å². The van der Waals surface area contributed by atoms with E-state index in [1.165, 1.54) is 4.90 Å². The van der Waals surface area contributed by atoms with Crippen molar-refractivity contribution in [3.63, 3.8) is 0 Å². The van der Waals surface area contributed by atoms with Crippen LogP contribution in [0.15, 0.2) is 90.8 Å². The topological polar surface area (TPSA) is 127 Å². The maximum absolute atomic E-state index is 13.0. The van der Waals surface area contributed by atoms with Gasteiger partial charge in [0.05, 0.1) is 25.1 Å². The van der Waals surface area contributed by atoms with Crippen molar-refractivity contribution in [2.75, 3.05) is 44.3 Å². The van der Waals surface area contributed by atoms with Gasteiger partial charge in [0.25, 0.3) is 11.8 Å². The van der Waals surface area contributed by atoms with E-state index in [2.05, 4.69) is 25.7 Å². The molecule has 1 atom stereocenters. The minimum Gasteiger partial charge on any atom is -0.379 e. The molecule has 0 saturated carbocycles. The first-order chi connectivity index (χ1) is 24.1. The van der Waals surface area contributed by atoms with Gasteiger partial charge in [0.2, 0.25) is 5.91 Å². The number of carbonyl (C=O) groups excluding carboxylic acids is 3. The number of hydrogen-bond donors (Lipinski definition) is 2. The highest BCUT2D eigenvalue weighted by molar-refractivity contribution is 6.03. The van der Waals surface area contributed by atoms with Gasteiger partial charge < -0.3 is 15.4 Å². The summed E-state index contributed by atoms with van der Waals surface area (Å²) in [4.78, 5) is 41.3. The molecule has 1 saturated heterocycles. The van der Waals surface area contributed by atoms with Crippen LogP contribution in [0, 0.1) is 0 Å². The first-order valence-electron chi connectivity index (χ1n) is 16.2. The summed E-state index contributed by atoms with van der Waals surface area (Å²) in [6.45, 7) is 8.59. The highest BCUT2D eigenvalue weighted by Gasteiger charge is 2.37. The van der Waals surface area contributed by atoms with Gasteiger partial charge in [-0.3, -0.25) is 24.2 Å². The van der Waals surface area contributed by atoms with Crippen LogP contribution in [0.25, 0.3) is 5.69 Å². The number of ether oxygens (including phenoxy) is 1. The third kappa shape index (κ3) is 8.84. The van der Waals surface area contributed by atoms with Crippen LogP contribution in [0.3, 0.4) is 0 Å². The van der Waals surface area contributed by atoms with Gasteiger partial charge in [0.15, 0.2) is 0 Å². The standard InChI is InChI=1S/C19H17F3N6O2.C16H22N2O2/c1-2-26-17-12(11-23-28(17)13-6-4-3-5-7-13)10-15(18(26)30)24-16(29)14-8-9-27(25-14)19(20,21)22;1-2-15(13-18-8-10-20-11-9-18)16(19)17-12-14-6-4-3-5-7-14/h3-9,11,15H,2,10H2,1H3,(H,24,29);2-7H,8-13H2,1H3,(H,17,19)/b;15-2+. The van der Waals surface area contributed by atoms with Gasteiger partial charge in [-0.2, -0.15) is 14.9 Å². The van der Waals surface area contributed by atoms with Gasteiger partial charge in [0.1, 0.15) is 17.6 Å². The summed E-state index contributed by atoms with van der Waals surface area (Å²) in [5, 5.41) is 13.1. The second-order valence-electron chi connectivity index (χ2n) is 11.5. The Hall–Kier alpha value is -5.28. The number of aromatic nitrogens is 4. The highest BCUT2D eigenvalue weighted by atomic mass is 19.4. The van der Waals surface area contributed by atoms with Crippen molar-refractivity contribution in [2.24, 2.45) is 0 Å². The summed E-state index contributed by atoms with van der Waals surface area (Å²) in [7, 11) is 0. The molecule has 15 heteroatoms. The monoisotopic (exact) mass is 692 g/mol. The Kier molecular flexibility index (Phi) is 11.8. The lowest BCUT2D eigenvalue weighted by molar-refractivity contribution is -0.212. The number of halogens is 3. The highest BCUT2D eigenvalue weighted by Crippen LogP contribution is 2.30. The molecule has 0 aliphatic carbocycles. The molecule has 2 aromatic heterocycles. The molecule has 6 rings (SSSR count). The molecule has 4 aromatic rings. The largest absolute Gasteiger partial charge is 0.504 e. The van der Waals surface area contributed by atoms with Crippen LogP contribution < -0.4 is 15.5 Å². The van der Waals surface area contributed by atoms with E-state index in [9.17, 15) is 27.6 Å². The second-order valence-corrected chi connectivity index (χ2v) is 11.5. The van der Waals surface area contributed by atoms with Crippen LogP contribution >= 0.6 is 0 Å². The van der Waals surface area contributed by atoms with Crippen molar-refractivity contribution in [3.05, 3.63) is 108 Å². The van der Waals surface area contributed by atoms with Crippen molar-refractivity contribution >= 4 is 23.5 Å². The summed E-state index contributed by atoms with van der Waals surface area (Å²) >= 11 is 0. The van der Waals surface area contributed by atoms with Crippen LogP contribution in [-0.4, -0.2) is 87.6 Å². The molecule has 0 bridgehead atoms. The minimum absolute atomic E-state index is 0.0165. The fourth-order valence-electron chi connectivity index (χ4n) is 5.59. The molecule has 264 valence electrons. The number of nitrogens with zero attached hydrogens (tertiary/aromatic N) is 6. The Morgan fingerprint density at radius 2 is 1.70 bits per heavy atom. The van der Waals surface area contributed by atoms with Crippen molar-refractivity contribution in [3.8, 4) is 5.69 Å². The number of para-hydroxylation sites is 1. The summed E-state index contributed by atoms with van der Waals surface area (Å²) in [6.07, 6.45) is -0.384. The Balaban J connectivity index is 0.000000211. The van der Waals surface area contributed by atoms with Gasteiger partial charge in [-0.15, -0.1) is 13.2 Å². The molecule has 50 heavy (non-hydrogen) atoms. The number of benzene rings is 2. The summed E-state index contributed by atoms with van der Waals surface area (Å²) in [5.74, 6) is -0.596. The molecule has 1 fully saturated rings. The number of fused-ring (bicyclic) bond motifs is 1. The predicted octanol–water partition coefficient (Wildman–Crippen LogP) is 3.83. The molecule has 12 nitrogen and oxygen atoms in total. The van der Waals surface area contributed by atoms with Gasteiger partial charge >= 0.3 is 6.30 Å². The SMILES string of the molecule is C/C=C(\CN1CCOCC1)C(=O)NCc1ccccc1.CCN1C(=O)C(NC(=O)c2ccn(C(F)(F)F)n2)Cc2cnn(-c3ccccc3)c21. The van der Waals surface area contributed by atoms with Gasteiger partial charge in [0, 0.05) is 56.5 Å². The number of nitrogens with one attached hydrogen (secondary N) is 2. The molecule has 0 spiro atoms. The van der Waals surface area contributed by atoms with E-state index < -0.39 is 23.9 Å². The van der Waals surface area contributed by atoms with Gasteiger partial charge in [-0.1, -0.05) is 54.6 Å². The number of morpholine rings is 1. The minimum atomic E-state index is -4.72. The quantitative estimate of drug-likeness (QED) is 0.256. The number of amides is 3. The second kappa shape index (κ2) is 16.4. The lowest BCUT2D eigenvalue weighted by Crippen LogP contribution is -2.53. The normalized spacial score (nSPS) is 16.7. The zero-order chi connectivity index (χ0) is 35.7. The van der Waals surface area contributed by atoms with E-state index in [0.717, 1.165) is 54.8 Å². The number of alkyl halides is 3. The van der Waals surface area contributed by atoms with Crippen LogP contribution in [0.1, 0.15) is 35.5 Å². The predicted molar refractivity (Wildman–Crippen MR) is 179 cm³/mol. The number of anilines is 1. The fraction of sp³-hybridized carbons (Fsp3) is 0.343. The molecule has 2 aliphatic rings. The van der Waals surface area contributed by atoms with E-state index in [1.807, 2.05) is 73.7 Å². The third-order valence-electron chi connectivity index (χ3n) is 8.20. The first-order valence-corrected chi connectivity index (χ1v) is 16.2. The molecular weight excluding hydrogens is 653 g/mol. The number of likely N-dealkylation sites (N-methyl/N-ethyl adjacent to an activating group) is 1. The molecule has 2 aromatic carbocycles. The van der Waals surface area contributed by atoms with Crippen LogP contribution in [0.4, 0.5) is 19.0 Å². The average molecular weight is 693 g/mol. The number of hydrogen-bond acceptors (Lipinski definition) is 7. The Bertz CT molecular complexity index is 1780. The smallest absolute Gasteiger partial charge is 0.379 e. The van der Waals surface area contributed by atoms with Gasteiger partial charge in [-0.05, 0) is 37.6 Å². The van der Waals surface area contributed by atoms with E-state index in [0.29, 0.717) is 31.6 Å². The molecule has 0 radical (unpaired) electrons.